The Morgan fingerprint density at radius 2 is 2.24 bits per heavy atom. The largest absolute Gasteiger partial charge is 0.329 e. The lowest BCUT2D eigenvalue weighted by molar-refractivity contribution is -0.118. The molecular weight excluding hydrogens is 286 g/mol. The lowest BCUT2D eigenvalue weighted by Gasteiger charge is -2.39. The van der Waals surface area contributed by atoms with Gasteiger partial charge in [0.1, 0.15) is 0 Å². The molecule has 3 N–H and O–H groups in total. The molecule has 1 heterocycles. The van der Waals surface area contributed by atoms with E-state index in [-0.39, 0.29) is 5.91 Å². The molecule has 1 saturated heterocycles. The van der Waals surface area contributed by atoms with Gasteiger partial charge in [-0.25, -0.2) is 0 Å². The molecule has 1 amide bonds. The molecule has 21 heavy (non-hydrogen) atoms. The first-order chi connectivity index (χ1) is 10.0. The molecule has 1 aliphatic heterocycles. The topological polar surface area (TPSA) is 58.4 Å². The fraction of sp³-hybridized carbons (Fsp3) is 0.562. The van der Waals surface area contributed by atoms with E-state index < -0.39 is 0 Å². The molecule has 0 aromatic heterocycles. The number of likely N-dealkylation sites (tertiary alicyclic amines) is 1. The van der Waals surface area contributed by atoms with Crippen LogP contribution in [0.5, 0.6) is 0 Å². The van der Waals surface area contributed by atoms with Crippen molar-refractivity contribution in [1.82, 2.24) is 4.90 Å². The summed E-state index contributed by atoms with van der Waals surface area (Å²) in [5.74, 6) is -0.0343. The summed E-state index contributed by atoms with van der Waals surface area (Å²) in [4.78, 5) is 14.5. The van der Waals surface area contributed by atoms with Crippen LogP contribution in [0.1, 0.15) is 31.7 Å². The van der Waals surface area contributed by atoms with Crippen molar-refractivity contribution in [1.29, 1.82) is 0 Å². The van der Waals surface area contributed by atoms with E-state index in [4.69, 9.17) is 17.3 Å². The smallest absolute Gasteiger partial charge is 0.238 e. The lowest BCUT2D eigenvalue weighted by atomic mass is 9.96. The summed E-state index contributed by atoms with van der Waals surface area (Å²) >= 11 is 6.15. The highest BCUT2D eigenvalue weighted by atomic mass is 35.5. The Bertz CT molecular complexity index is 506. The number of anilines is 1. The number of nitrogens with zero attached hydrogens (tertiary/aromatic N) is 1. The first-order valence-electron chi connectivity index (χ1n) is 7.53. The predicted molar refractivity (Wildman–Crippen MR) is 87.7 cm³/mol. The maximum absolute atomic E-state index is 12.3. The molecule has 5 heteroatoms. The number of nitrogens with one attached hydrogen (secondary N) is 1. The summed E-state index contributed by atoms with van der Waals surface area (Å²) in [6.07, 6.45) is 3.37. The van der Waals surface area contributed by atoms with Crippen LogP contribution in [0, 0.1) is 6.92 Å². The van der Waals surface area contributed by atoms with E-state index in [1.807, 2.05) is 25.1 Å². The number of amides is 1. The third kappa shape index (κ3) is 4.19. The number of nitrogens with two attached hydrogens (primary N) is 1. The van der Waals surface area contributed by atoms with E-state index in [0.717, 1.165) is 18.4 Å². The maximum atomic E-state index is 12.3. The van der Waals surface area contributed by atoms with Gasteiger partial charge in [0.15, 0.2) is 0 Å². The Morgan fingerprint density at radius 3 is 2.90 bits per heavy atom. The van der Waals surface area contributed by atoms with E-state index in [1.165, 1.54) is 6.42 Å². The van der Waals surface area contributed by atoms with Gasteiger partial charge in [0, 0.05) is 18.6 Å². The zero-order valence-electron chi connectivity index (χ0n) is 12.7. The average Bonchev–Trinajstić information content (AvgIpc) is 2.44. The average molecular weight is 310 g/mol. The Kier molecular flexibility index (Phi) is 5.62. The van der Waals surface area contributed by atoms with Crippen LogP contribution in [-0.4, -0.2) is 36.0 Å². The van der Waals surface area contributed by atoms with Crippen LogP contribution in [-0.2, 0) is 4.79 Å². The van der Waals surface area contributed by atoms with Crippen molar-refractivity contribution in [3.63, 3.8) is 0 Å². The van der Waals surface area contributed by atoms with Gasteiger partial charge in [-0.15, -0.1) is 0 Å². The van der Waals surface area contributed by atoms with Gasteiger partial charge in [0.2, 0.25) is 5.91 Å². The number of aryl methyl sites for hydroxylation is 1. The number of hydrogen-bond donors (Lipinski definition) is 2. The summed E-state index contributed by atoms with van der Waals surface area (Å²) < 4.78 is 0. The van der Waals surface area contributed by atoms with Gasteiger partial charge < -0.3 is 11.1 Å². The molecule has 0 spiro atoms. The summed E-state index contributed by atoms with van der Waals surface area (Å²) in [5.41, 5.74) is 7.57. The van der Waals surface area contributed by atoms with Crippen molar-refractivity contribution in [3.05, 3.63) is 28.8 Å². The Labute approximate surface area is 131 Å². The fourth-order valence-electron chi connectivity index (χ4n) is 2.96. The van der Waals surface area contributed by atoms with Crippen LogP contribution in [0.4, 0.5) is 5.69 Å². The minimum absolute atomic E-state index is 0.0343. The quantitative estimate of drug-likeness (QED) is 0.899. The van der Waals surface area contributed by atoms with Crippen LogP contribution < -0.4 is 11.1 Å². The van der Waals surface area contributed by atoms with Crippen LogP contribution in [0.3, 0.4) is 0 Å². The first-order valence-corrected chi connectivity index (χ1v) is 7.91. The Hall–Kier alpha value is -1.10. The first kappa shape index (κ1) is 16.3. The molecule has 0 saturated carbocycles. The van der Waals surface area contributed by atoms with Gasteiger partial charge in [-0.1, -0.05) is 24.1 Å². The van der Waals surface area contributed by atoms with Gasteiger partial charge in [-0.3, -0.25) is 9.69 Å². The third-order valence-corrected chi connectivity index (χ3v) is 4.50. The zero-order chi connectivity index (χ0) is 15.4. The van der Waals surface area contributed by atoms with Crippen molar-refractivity contribution in [2.45, 2.75) is 45.2 Å². The maximum Gasteiger partial charge on any atom is 0.238 e. The zero-order valence-corrected chi connectivity index (χ0v) is 13.5. The van der Waals surface area contributed by atoms with Gasteiger partial charge in [0.25, 0.3) is 0 Å². The van der Waals surface area contributed by atoms with E-state index in [1.54, 1.807) is 0 Å². The standard InChI is InChI=1S/C16H24ClN3O/c1-11-6-7-15(14(17)8-11)19-16(21)10-20-12(2)4-3-5-13(20)9-18/h6-8,12-13H,3-5,9-10,18H2,1-2H3,(H,19,21). The Morgan fingerprint density at radius 1 is 1.48 bits per heavy atom. The summed E-state index contributed by atoms with van der Waals surface area (Å²) in [5, 5.41) is 3.47. The molecule has 0 radical (unpaired) electrons. The molecule has 116 valence electrons. The predicted octanol–water partition coefficient (Wildman–Crippen LogP) is 2.79. The van der Waals surface area contributed by atoms with E-state index in [0.29, 0.717) is 35.9 Å². The SMILES string of the molecule is Cc1ccc(NC(=O)CN2C(C)CCCC2CN)c(Cl)c1. The summed E-state index contributed by atoms with van der Waals surface area (Å²) in [6, 6.07) is 6.33. The van der Waals surface area contributed by atoms with Gasteiger partial charge >= 0.3 is 0 Å². The molecule has 4 nitrogen and oxygen atoms in total. The molecule has 2 rings (SSSR count). The van der Waals surface area contributed by atoms with Crippen LogP contribution in [0.25, 0.3) is 0 Å². The number of hydrogen-bond acceptors (Lipinski definition) is 3. The van der Waals surface area contributed by atoms with Crippen molar-refractivity contribution >= 4 is 23.2 Å². The van der Waals surface area contributed by atoms with Gasteiger partial charge in [0.05, 0.1) is 17.3 Å². The van der Waals surface area contributed by atoms with Crippen molar-refractivity contribution in [2.75, 3.05) is 18.4 Å². The van der Waals surface area contributed by atoms with Crippen molar-refractivity contribution in [2.24, 2.45) is 5.73 Å². The number of carbonyl (C=O) groups excluding carboxylic acids is 1. The number of rotatable bonds is 4. The number of carbonyl (C=O) groups is 1. The second-order valence-electron chi connectivity index (χ2n) is 5.87. The van der Waals surface area contributed by atoms with Gasteiger partial charge in [-0.05, 0) is 44.4 Å². The third-order valence-electron chi connectivity index (χ3n) is 4.19. The minimum Gasteiger partial charge on any atom is -0.329 e. The molecule has 1 aromatic carbocycles. The molecule has 1 aromatic rings. The number of piperidine rings is 1. The normalized spacial score (nSPS) is 23.0. The molecule has 0 aliphatic carbocycles. The monoisotopic (exact) mass is 309 g/mol. The van der Waals surface area contributed by atoms with Crippen LogP contribution in [0.15, 0.2) is 18.2 Å². The molecule has 2 unspecified atom stereocenters. The molecule has 1 aliphatic rings. The molecule has 2 atom stereocenters. The van der Waals surface area contributed by atoms with E-state index in [9.17, 15) is 4.79 Å². The second-order valence-corrected chi connectivity index (χ2v) is 6.28. The Balaban J connectivity index is 2.00. The fourth-order valence-corrected chi connectivity index (χ4v) is 3.24. The van der Waals surface area contributed by atoms with Crippen molar-refractivity contribution < 1.29 is 4.79 Å². The van der Waals surface area contributed by atoms with E-state index in [2.05, 4.69) is 17.1 Å². The van der Waals surface area contributed by atoms with E-state index >= 15 is 0 Å². The number of halogens is 1. The summed E-state index contributed by atoms with van der Waals surface area (Å²) in [7, 11) is 0. The molecule has 1 fully saturated rings. The highest BCUT2D eigenvalue weighted by Crippen LogP contribution is 2.24. The lowest BCUT2D eigenvalue weighted by Crippen LogP contribution is -2.51. The second kappa shape index (κ2) is 7.25. The highest BCUT2D eigenvalue weighted by Gasteiger charge is 2.28. The minimum atomic E-state index is -0.0343. The number of benzene rings is 1. The highest BCUT2D eigenvalue weighted by molar-refractivity contribution is 6.33. The van der Waals surface area contributed by atoms with Crippen molar-refractivity contribution in [3.8, 4) is 0 Å². The van der Waals surface area contributed by atoms with Gasteiger partial charge in [-0.2, -0.15) is 0 Å². The molecular formula is C16H24ClN3O. The van der Waals surface area contributed by atoms with Crippen LogP contribution in [0.2, 0.25) is 5.02 Å². The molecule has 0 bridgehead atoms. The summed E-state index contributed by atoms with van der Waals surface area (Å²) in [6.45, 7) is 5.10. The van der Waals surface area contributed by atoms with Crippen LogP contribution >= 0.6 is 11.6 Å².